The second kappa shape index (κ2) is 11.6. The van der Waals surface area contributed by atoms with Crippen LogP contribution in [0.5, 0.6) is 0 Å². The number of anilines is 1. The lowest BCUT2D eigenvalue weighted by Crippen LogP contribution is -2.43. The molecule has 1 heterocycles. The van der Waals surface area contributed by atoms with Crippen LogP contribution in [0.1, 0.15) is 33.8 Å². The Morgan fingerprint density at radius 1 is 1.16 bits per heavy atom. The number of halogens is 2. The standard InChI is InChI=1S/C22H26FN5O2.HI/c1-14-7-8-15(11-18(14)23)21(30)25-9-10-26-22(24-2)27-13-16-12-20(29)28-19-6-4-3-5-17(16)19;/h3-8,11,16H,9-10,12-13H2,1-2H3,(H,25,30)(H,28,29)(H2,24,26,27);1H. The van der Waals surface area contributed by atoms with E-state index in [-0.39, 0.29) is 47.3 Å². The van der Waals surface area contributed by atoms with E-state index in [4.69, 9.17) is 0 Å². The molecular weight excluding hydrogens is 512 g/mol. The van der Waals surface area contributed by atoms with E-state index in [2.05, 4.69) is 26.3 Å². The van der Waals surface area contributed by atoms with E-state index in [1.165, 1.54) is 6.07 Å². The quantitative estimate of drug-likeness (QED) is 0.197. The van der Waals surface area contributed by atoms with Crippen LogP contribution in [-0.2, 0) is 4.79 Å². The molecule has 0 aliphatic carbocycles. The topological polar surface area (TPSA) is 94.6 Å². The number of hydrogen-bond acceptors (Lipinski definition) is 3. The second-order valence-electron chi connectivity index (χ2n) is 7.14. The van der Waals surface area contributed by atoms with Gasteiger partial charge < -0.3 is 21.3 Å². The first kappa shape index (κ1) is 24.6. The van der Waals surface area contributed by atoms with Crippen LogP contribution in [0.2, 0.25) is 0 Å². The number of aryl methyl sites for hydroxylation is 1. The van der Waals surface area contributed by atoms with Gasteiger partial charge in [0.05, 0.1) is 0 Å². The molecule has 1 aliphatic rings. The smallest absolute Gasteiger partial charge is 0.251 e. The Bertz CT molecular complexity index is 967. The number of carbonyl (C=O) groups is 2. The van der Waals surface area contributed by atoms with Crippen molar-refractivity contribution in [3.63, 3.8) is 0 Å². The number of nitrogens with one attached hydrogen (secondary N) is 4. The minimum atomic E-state index is -0.400. The first-order valence-electron chi connectivity index (χ1n) is 9.85. The lowest BCUT2D eigenvalue weighted by molar-refractivity contribution is -0.116. The van der Waals surface area contributed by atoms with Gasteiger partial charge in [-0.2, -0.15) is 0 Å². The van der Waals surface area contributed by atoms with Crippen LogP contribution >= 0.6 is 24.0 Å². The number of fused-ring (bicyclic) bond motifs is 1. The van der Waals surface area contributed by atoms with E-state index < -0.39 is 5.82 Å². The zero-order valence-electron chi connectivity index (χ0n) is 17.5. The van der Waals surface area contributed by atoms with E-state index in [1.807, 2.05) is 24.3 Å². The number of aliphatic imine (C=N–C) groups is 1. The van der Waals surface area contributed by atoms with Crippen molar-refractivity contribution in [3.05, 3.63) is 65.0 Å². The van der Waals surface area contributed by atoms with Crippen molar-refractivity contribution < 1.29 is 14.0 Å². The van der Waals surface area contributed by atoms with Crippen molar-refractivity contribution in [3.8, 4) is 0 Å². The van der Waals surface area contributed by atoms with Crippen molar-refractivity contribution in [2.45, 2.75) is 19.3 Å². The Labute approximate surface area is 198 Å². The minimum Gasteiger partial charge on any atom is -0.356 e. The fourth-order valence-electron chi connectivity index (χ4n) is 3.32. The second-order valence-corrected chi connectivity index (χ2v) is 7.14. The fourth-order valence-corrected chi connectivity index (χ4v) is 3.32. The molecule has 0 saturated heterocycles. The van der Waals surface area contributed by atoms with Gasteiger partial charge in [0.15, 0.2) is 5.96 Å². The average Bonchev–Trinajstić information content (AvgIpc) is 2.74. The summed E-state index contributed by atoms with van der Waals surface area (Å²) >= 11 is 0. The van der Waals surface area contributed by atoms with Crippen molar-refractivity contribution in [2.24, 2.45) is 4.99 Å². The number of carbonyl (C=O) groups excluding carboxylic acids is 2. The first-order valence-corrected chi connectivity index (χ1v) is 9.85. The van der Waals surface area contributed by atoms with Gasteiger partial charge in [-0.25, -0.2) is 4.39 Å². The monoisotopic (exact) mass is 539 g/mol. The fraction of sp³-hybridized carbons (Fsp3) is 0.318. The summed E-state index contributed by atoms with van der Waals surface area (Å²) in [6, 6.07) is 12.2. The summed E-state index contributed by atoms with van der Waals surface area (Å²) in [6.07, 6.45) is 0.407. The highest BCUT2D eigenvalue weighted by atomic mass is 127. The molecule has 1 unspecified atom stereocenters. The average molecular weight is 539 g/mol. The highest BCUT2D eigenvalue weighted by Gasteiger charge is 2.24. The van der Waals surface area contributed by atoms with Gasteiger partial charge >= 0.3 is 0 Å². The van der Waals surface area contributed by atoms with E-state index in [0.717, 1.165) is 11.3 Å². The number of nitrogens with zero attached hydrogens (tertiary/aromatic N) is 1. The highest BCUT2D eigenvalue weighted by molar-refractivity contribution is 14.0. The molecule has 0 aromatic heterocycles. The third-order valence-electron chi connectivity index (χ3n) is 4.98. The number of rotatable bonds is 6. The maximum atomic E-state index is 13.6. The lowest BCUT2D eigenvalue weighted by Gasteiger charge is -2.26. The molecular formula is C22H27FIN5O2. The maximum absolute atomic E-state index is 13.6. The Balaban J connectivity index is 0.00000341. The van der Waals surface area contributed by atoms with Gasteiger partial charge in [0.2, 0.25) is 5.91 Å². The van der Waals surface area contributed by atoms with Crippen LogP contribution in [-0.4, -0.2) is 44.5 Å². The predicted molar refractivity (Wildman–Crippen MR) is 131 cm³/mol. The van der Waals surface area contributed by atoms with Gasteiger partial charge in [-0.05, 0) is 36.2 Å². The molecule has 9 heteroatoms. The van der Waals surface area contributed by atoms with Crippen LogP contribution in [0.25, 0.3) is 0 Å². The van der Waals surface area contributed by atoms with Crippen molar-refractivity contribution >= 4 is 47.4 Å². The Morgan fingerprint density at radius 3 is 2.65 bits per heavy atom. The third kappa shape index (κ3) is 6.65. The van der Waals surface area contributed by atoms with Gasteiger partial charge in [-0.1, -0.05) is 24.3 Å². The molecule has 2 amide bonds. The van der Waals surface area contributed by atoms with E-state index in [9.17, 15) is 14.0 Å². The summed E-state index contributed by atoms with van der Waals surface area (Å²) < 4.78 is 13.6. The van der Waals surface area contributed by atoms with Crippen LogP contribution < -0.4 is 21.3 Å². The minimum absolute atomic E-state index is 0. The normalized spacial score (nSPS) is 15.3. The third-order valence-corrected chi connectivity index (χ3v) is 4.98. The van der Waals surface area contributed by atoms with E-state index in [0.29, 0.717) is 37.6 Å². The summed E-state index contributed by atoms with van der Waals surface area (Å²) in [5.74, 6) is -0.107. The highest BCUT2D eigenvalue weighted by Crippen LogP contribution is 2.31. The molecule has 1 aliphatic heterocycles. The molecule has 4 N–H and O–H groups in total. The summed E-state index contributed by atoms with van der Waals surface area (Å²) in [4.78, 5) is 28.2. The van der Waals surface area contributed by atoms with Gasteiger partial charge in [0, 0.05) is 50.3 Å². The lowest BCUT2D eigenvalue weighted by atomic mass is 9.90. The molecule has 2 aromatic rings. The molecule has 0 saturated carbocycles. The molecule has 0 bridgehead atoms. The van der Waals surface area contributed by atoms with Crippen LogP contribution in [0.3, 0.4) is 0 Å². The first-order chi connectivity index (χ1) is 14.5. The number of hydrogen-bond donors (Lipinski definition) is 4. The Morgan fingerprint density at radius 2 is 1.90 bits per heavy atom. The summed E-state index contributed by atoms with van der Waals surface area (Å²) in [5, 5.41) is 12.0. The number of amides is 2. The molecule has 1 atom stereocenters. The van der Waals surface area contributed by atoms with E-state index in [1.54, 1.807) is 26.1 Å². The van der Waals surface area contributed by atoms with Gasteiger partial charge in [0.1, 0.15) is 5.82 Å². The molecule has 2 aromatic carbocycles. The largest absolute Gasteiger partial charge is 0.356 e. The molecule has 166 valence electrons. The van der Waals surface area contributed by atoms with Crippen molar-refractivity contribution in [1.82, 2.24) is 16.0 Å². The number of guanidine groups is 1. The SMILES string of the molecule is CN=C(NCCNC(=O)c1ccc(C)c(F)c1)NCC1CC(=O)Nc2ccccc21.I. The zero-order chi connectivity index (χ0) is 21.5. The summed E-state index contributed by atoms with van der Waals surface area (Å²) in [6.45, 7) is 3.00. The van der Waals surface area contributed by atoms with Crippen molar-refractivity contribution in [1.29, 1.82) is 0 Å². The van der Waals surface area contributed by atoms with Gasteiger partial charge in [-0.15, -0.1) is 24.0 Å². The maximum Gasteiger partial charge on any atom is 0.251 e. The Kier molecular flexibility index (Phi) is 9.22. The number of benzene rings is 2. The van der Waals surface area contributed by atoms with Gasteiger partial charge in [-0.3, -0.25) is 14.6 Å². The number of para-hydroxylation sites is 1. The van der Waals surface area contributed by atoms with Crippen molar-refractivity contribution in [2.75, 3.05) is 32.0 Å². The Hall–Kier alpha value is -2.69. The molecule has 0 radical (unpaired) electrons. The summed E-state index contributed by atoms with van der Waals surface area (Å²) in [7, 11) is 1.66. The summed E-state index contributed by atoms with van der Waals surface area (Å²) in [5.41, 5.74) is 2.73. The van der Waals surface area contributed by atoms with Crippen LogP contribution in [0, 0.1) is 12.7 Å². The molecule has 0 spiro atoms. The molecule has 7 nitrogen and oxygen atoms in total. The van der Waals surface area contributed by atoms with E-state index >= 15 is 0 Å². The van der Waals surface area contributed by atoms with Gasteiger partial charge in [0.25, 0.3) is 5.91 Å². The van der Waals surface area contributed by atoms with Crippen LogP contribution in [0.4, 0.5) is 10.1 Å². The molecule has 3 rings (SSSR count). The molecule has 31 heavy (non-hydrogen) atoms. The molecule has 0 fully saturated rings. The van der Waals surface area contributed by atoms with Crippen LogP contribution in [0.15, 0.2) is 47.5 Å². The predicted octanol–water partition coefficient (Wildman–Crippen LogP) is 2.77. The zero-order valence-corrected chi connectivity index (χ0v) is 19.8.